The fraction of sp³-hybridized carbons (Fsp3) is 0.125. The molecular weight excluding hydrogens is 269 g/mol. The fourth-order valence-corrected chi connectivity index (χ4v) is 1.88. The Morgan fingerprint density at radius 2 is 1.76 bits per heavy atom. The van der Waals surface area contributed by atoms with Gasteiger partial charge in [-0.1, -0.05) is 12.1 Å². The van der Waals surface area contributed by atoms with E-state index in [1.165, 1.54) is 30.3 Å². The Bertz CT molecular complexity index is 716. The summed E-state index contributed by atoms with van der Waals surface area (Å²) in [5.41, 5.74) is 4.92. The van der Waals surface area contributed by atoms with Gasteiger partial charge in [0.15, 0.2) is 0 Å². The molecule has 1 heterocycles. The molecule has 1 aromatic heterocycles. The van der Waals surface area contributed by atoms with Crippen LogP contribution in [0.25, 0.3) is 6.08 Å². The minimum absolute atomic E-state index is 0.0471. The molecule has 2 aromatic rings. The van der Waals surface area contributed by atoms with Crippen molar-refractivity contribution in [2.24, 2.45) is 0 Å². The molecule has 0 saturated heterocycles. The lowest BCUT2D eigenvalue weighted by Crippen LogP contribution is -2.25. The molecule has 0 aliphatic carbocycles. The average Bonchev–Trinajstić information content (AvgIpc) is 2.78. The summed E-state index contributed by atoms with van der Waals surface area (Å²) >= 11 is 0. The van der Waals surface area contributed by atoms with Gasteiger partial charge < -0.3 is 0 Å². The Labute approximate surface area is 122 Å². The highest BCUT2D eigenvalue weighted by molar-refractivity contribution is 6.06. The first-order valence-corrected chi connectivity index (χ1v) is 6.35. The number of aromatic nitrogens is 1. The van der Waals surface area contributed by atoms with E-state index in [-0.39, 0.29) is 11.4 Å². The molecule has 0 atom stereocenters. The smallest absolute Gasteiger partial charge is 0.267 e. The molecule has 1 aromatic carbocycles. The van der Waals surface area contributed by atoms with Crippen molar-refractivity contribution in [1.29, 1.82) is 5.26 Å². The summed E-state index contributed by atoms with van der Waals surface area (Å²) in [6, 6.07) is 11.2. The largest absolute Gasteiger partial charge is 0.280 e. The monoisotopic (exact) mass is 283 g/mol. The number of halogens is 1. The van der Waals surface area contributed by atoms with E-state index in [0.29, 0.717) is 5.56 Å². The topological polar surface area (TPSA) is 57.8 Å². The van der Waals surface area contributed by atoms with Crippen molar-refractivity contribution in [3.05, 3.63) is 64.7 Å². The molecule has 5 heteroatoms. The van der Waals surface area contributed by atoms with Crippen LogP contribution in [0.5, 0.6) is 0 Å². The van der Waals surface area contributed by atoms with Crippen LogP contribution in [0, 0.1) is 31.0 Å². The van der Waals surface area contributed by atoms with E-state index in [0.717, 1.165) is 11.4 Å². The molecule has 1 amide bonds. The molecular formula is C16H14FN3O. The second-order valence-electron chi connectivity index (χ2n) is 4.61. The predicted octanol–water partition coefficient (Wildman–Crippen LogP) is 2.92. The number of amides is 1. The summed E-state index contributed by atoms with van der Waals surface area (Å²) in [4.78, 5) is 12.1. The predicted molar refractivity (Wildman–Crippen MR) is 78.3 cm³/mol. The third kappa shape index (κ3) is 3.37. The van der Waals surface area contributed by atoms with Crippen LogP contribution in [0.15, 0.2) is 42.0 Å². The van der Waals surface area contributed by atoms with Crippen LogP contribution in [-0.4, -0.2) is 10.6 Å². The van der Waals surface area contributed by atoms with Crippen LogP contribution >= 0.6 is 0 Å². The number of aryl methyl sites for hydroxylation is 2. The number of hydrogen-bond donors (Lipinski definition) is 1. The van der Waals surface area contributed by atoms with Crippen LogP contribution in [0.1, 0.15) is 17.0 Å². The van der Waals surface area contributed by atoms with Crippen molar-refractivity contribution in [2.45, 2.75) is 13.8 Å². The van der Waals surface area contributed by atoms with Crippen molar-refractivity contribution in [3.63, 3.8) is 0 Å². The van der Waals surface area contributed by atoms with Gasteiger partial charge >= 0.3 is 0 Å². The second-order valence-corrected chi connectivity index (χ2v) is 4.61. The number of carbonyl (C=O) groups is 1. The number of nitrogens with zero attached hydrogens (tertiary/aromatic N) is 2. The maximum Gasteiger partial charge on any atom is 0.280 e. The highest BCUT2D eigenvalue weighted by Gasteiger charge is 2.11. The van der Waals surface area contributed by atoms with Crippen molar-refractivity contribution in [1.82, 2.24) is 4.68 Å². The molecule has 0 radical (unpaired) electrons. The highest BCUT2D eigenvalue weighted by Crippen LogP contribution is 2.10. The lowest BCUT2D eigenvalue weighted by Gasteiger charge is -2.10. The van der Waals surface area contributed by atoms with Crippen LogP contribution in [0.4, 0.5) is 4.39 Å². The summed E-state index contributed by atoms with van der Waals surface area (Å²) in [7, 11) is 0. The zero-order chi connectivity index (χ0) is 15.4. The molecule has 0 spiro atoms. The Morgan fingerprint density at radius 3 is 2.29 bits per heavy atom. The standard InChI is InChI=1S/C16H14FN3O/c1-11-3-4-12(2)20(11)19-16(21)14(10-18)9-13-5-7-15(17)8-6-13/h3-9H,1-2H3,(H,19,21)/b14-9-. The molecule has 2 rings (SSSR count). The van der Waals surface area contributed by atoms with Crippen LogP contribution in [0.3, 0.4) is 0 Å². The van der Waals surface area contributed by atoms with E-state index < -0.39 is 5.91 Å². The van der Waals surface area contributed by atoms with E-state index in [1.54, 1.807) is 4.68 Å². The SMILES string of the molecule is Cc1ccc(C)n1NC(=O)/C(C#N)=C\c1ccc(F)cc1. The zero-order valence-electron chi connectivity index (χ0n) is 11.7. The van der Waals surface area contributed by atoms with E-state index in [4.69, 9.17) is 5.26 Å². The average molecular weight is 283 g/mol. The third-order valence-electron chi connectivity index (χ3n) is 3.03. The summed E-state index contributed by atoms with van der Waals surface area (Å²) in [5.74, 6) is -0.877. The number of rotatable bonds is 3. The maximum absolute atomic E-state index is 12.8. The lowest BCUT2D eigenvalue weighted by molar-refractivity contribution is -0.113. The lowest BCUT2D eigenvalue weighted by atomic mass is 10.1. The molecule has 0 unspecified atom stereocenters. The van der Waals surface area contributed by atoms with Crippen molar-refractivity contribution >= 4 is 12.0 Å². The first-order valence-electron chi connectivity index (χ1n) is 6.35. The molecule has 0 aliphatic heterocycles. The minimum atomic E-state index is -0.510. The number of nitriles is 1. The van der Waals surface area contributed by atoms with Crippen molar-refractivity contribution < 1.29 is 9.18 Å². The molecule has 0 aliphatic rings. The normalized spacial score (nSPS) is 11.0. The number of carbonyl (C=O) groups excluding carboxylic acids is 1. The molecule has 4 nitrogen and oxygen atoms in total. The van der Waals surface area contributed by atoms with Crippen molar-refractivity contribution in [3.8, 4) is 6.07 Å². The van der Waals surface area contributed by atoms with Crippen LogP contribution in [-0.2, 0) is 4.79 Å². The van der Waals surface area contributed by atoms with Gasteiger partial charge in [0.05, 0.1) is 0 Å². The summed E-state index contributed by atoms with van der Waals surface area (Å²) < 4.78 is 14.4. The van der Waals surface area contributed by atoms with Gasteiger partial charge in [0.1, 0.15) is 17.5 Å². The third-order valence-corrected chi connectivity index (χ3v) is 3.03. The molecule has 1 N–H and O–H groups in total. The van der Waals surface area contributed by atoms with Crippen LogP contribution < -0.4 is 5.43 Å². The molecule has 0 bridgehead atoms. The molecule has 0 saturated carbocycles. The van der Waals surface area contributed by atoms with Gasteiger partial charge in [-0.05, 0) is 49.8 Å². The number of nitrogens with one attached hydrogen (secondary N) is 1. The van der Waals surface area contributed by atoms with E-state index in [1.807, 2.05) is 32.0 Å². The molecule has 106 valence electrons. The summed E-state index contributed by atoms with van der Waals surface area (Å²) in [6.07, 6.45) is 1.42. The molecule has 21 heavy (non-hydrogen) atoms. The van der Waals surface area contributed by atoms with Crippen molar-refractivity contribution in [2.75, 3.05) is 5.43 Å². The van der Waals surface area contributed by atoms with Crippen LogP contribution in [0.2, 0.25) is 0 Å². The highest BCUT2D eigenvalue weighted by atomic mass is 19.1. The van der Waals surface area contributed by atoms with Gasteiger partial charge in [0.2, 0.25) is 0 Å². The van der Waals surface area contributed by atoms with E-state index in [9.17, 15) is 9.18 Å². The Kier molecular flexibility index (Phi) is 4.19. The van der Waals surface area contributed by atoms with E-state index in [2.05, 4.69) is 5.43 Å². The second kappa shape index (κ2) is 6.06. The summed E-state index contributed by atoms with van der Waals surface area (Å²) in [5, 5.41) is 9.12. The van der Waals surface area contributed by atoms with E-state index >= 15 is 0 Å². The van der Waals surface area contributed by atoms with Gasteiger partial charge in [-0.2, -0.15) is 5.26 Å². The van der Waals surface area contributed by atoms with Gasteiger partial charge in [0.25, 0.3) is 5.91 Å². The van der Waals surface area contributed by atoms with Gasteiger partial charge in [-0.15, -0.1) is 0 Å². The minimum Gasteiger partial charge on any atom is -0.267 e. The number of benzene rings is 1. The quantitative estimate of drug-likeness (QED) is 0.695. The zero-order valence-corrected chi connectivity index (χ0v) is 11.7. The van der Waals surface area contributed by atoms with Gasteiger partial charge in [-0.25, -0.2) is 4.39 Å². The Hall–Kier alpha value is -2.87. The first-order chi connectivity index (χ1) is 10.0. The number of hydrogen-bond acceptors (Lipinski definition) is 2. The first kappa shape index (κ1) is 14.5. The fourth-order valence-electron chi connectivity index (χ4n) is 1.88. The maximum atomic E-state index is 12.8. The Morgan fingerprint density at radius 1 is 1.19 bits per heavy atom. The van der Waals surface area contributed by atoms with Gasteiger partial charge in [0, 0.05) is 11.4 Å². The molecule has 0 fully saturated rings. The Balaban J connectivity index is 2.23. The van der Waals surface area contributed by atoms with Gasteiger partial charge in [-0.3, -0.25) is 14.9 Å². The summed E-state index contributed by atoms with van der Waals surface area (Å²) in [6.45, 7) is 3.70.